The van der Waals surface area contributed by atoms with Gasteiger partial charge < -0.3 is 9.88 Å². The third-order valence-electron chi connectivity index (χ3n) is 2.77. The minimum Gasteiger partial charge on any atom is -0.370 e. The molecule has 0 fully saturated rings. The first-order valence-corrected chi connectivity index (χ1v) is 6.53. The van der Waals surface area contributed by atoms with Crippen molar-refractivity contribution in [3.8, 4) is 0 Å². The van der Waals surface area contributed by atoms with Gasteiger partial charge in [-0.1, -0.05) is 13.0 Å². The van der Waals surface area contributed by atoms with Gasteiger partial charge in [0.2, 0.25) is 0 Å². The summed E-state index contributed by atoms with van der Waals surface area (Å²) in [6.07, 6.45) is 6.01. The van der Waals surface area contributed by atoms with Crippen LogP contribution in [0, 0.1) is 0 Å². The van der Waals surface area contributed by atoms with Crippen molar-refractivity contribution in [2.45, 2.75) is 33.2 Å². The summed E-state index contributed by atoms with van der Waals surface area (Å²) in [5.74, 6) is 2.07. The Kier molecular flexibility index (Phi) is 4.34. The second kappa shape index (κ2) is 6.19. The molecule has 1 N–H and O–H groups in total. The molecule has 2 rings (SSSR count). The van der Waals surface area contributed by atoms with Gasteiger partial charge in [0, 0.05) is 25.4 Å². The van der Waals surface area contributed by atoms with Gasteiger partial charge in [0.05, 0.1) is 12.2 Å². The molecule has 96 valence electrons. The Bertz CT molecular complexity index is 490. The Labute approximate surface area is 108 Å². The van der Waals surface area contributed by atoms with E-state index >= 15 is 0 Å². The summed E-state index contributed by atoms with van der Waals surface area (Å²) in [7, 11) is 0. The van der Waals surface area contributed by atoms with Crippen LogP contribution in [0.3, 0.4) is 0 Å². The Morgan fingerprint density at radius 3 is 2.94 bits per heavy atom. The molecule has 0 atom stereocenters. The fourth-order valence-electron chi connectivity index (χ4n) is 1.96. The predicted molar refractivity (Wildman–Crippen MR) is 73.7 cm³/mol. The first kappa shape index (κ1) is 12.6. The third kappa shape index (κ3) is 3.09. The van der Waals surface area contributed by atoms with Crippen molar-refractivity contribution in [2.24, 2.45) is 0 Å². The molecule has 4 nitrogen and oxygen atoms in total. The van der Waals surface area contributed by atoms with Gasteiger partial charge in [0.1, 0.15) is 11.6 Å². The van der Waals surface area contributed by atoms with Gasteiger partial charge in [-0.15, -0.1) is 0 Å². The molecule has 4 heteroatoms. The van der Waals surface area contributed by atoms with Crippen molar-refractivity contribution in [3.05, 3.63) is 42.1 Å². The number of nitrogens with one attached hydrogen (secondary N) is 1. The molecule has 0 aliphatic carbocycles. The van der Waals surface area contributed by atoms with Gasteiger partial charge in [-0.2, -0.15) is 0 Å². The average Bonchev–Trinajstić information content (AvgIpc) is 2.78. The minimum atomic E-state index is 0.786. The monoisotopic (exact) mass is 244 g/mol. The normalized spacial score (nSPS) is 10.6. The minimum absolute atomic E-state index is 0.786. The highest BCUT2D eigenvalue weighted by Crippen LogP contribution is 2.08. The summed E-state index contributed by atoms with van der Waals surface area (Å²) >= 11 is 0. The van der Waals surface area contributed by atoms with Crippen LogP contribution >= 0.6 is 0 Å². The smallest absolute Gasteiger partial charge is 0.126 e. The molecule has 0 bridgehead atoms. The maximum atomic E-state index is 4.58. The molecule has 0 spiro atoms. The van der Waals surface area contributed by atoms with Crippen LogP contribution in [0.1, 0.15) is 31.8 Å². The quantitative estimate of drug-likeness (QED) is 0.849. The van der Waals surface area contributed by atoms with Crippen molar-refractivity contribution in [3.63, 3.8) is 0 Å². The highest BCUT2D eigenvalue weighted by atomic mass is 15.1. The maximum absolute atomic E-state index is 4.58. The van der Waals surface area contributed by atoms with E-state index in [0.717, 1.165) is 43.3 Å². The number of rotatable bonds is 6. The van der Waals surface area contributed by atoms with Crippen LogP contribution in [0.5, 0.6) is 0 Å². The lowest BCUT2D eigenvalue weighted by Crippen LogP contribution is -2.07. The number of nitrogens with zero attached hydrogens (tertiary/aromatic N) is 3. The van der Waals surface area contributed by atoms with Crippen LogP contribution in [0.25, 0.3) is 0 Å². The topological polar surface area (TPSA) is 42.7 Å². The molecule has 0 radical (unpaired) electrons. The van der Waals surface area contributed by atoms with E-state index < -0.39 is 0 Å². The van der Waals surface area contributed by atoms with E-state index in [9.17, 15) is 0 Å². The molecule has 0 aromatic carbocycles. The van der Waals surface area contributed by atoms with E-state index in [2.05, 4.69) is 39.8 Å². The molecule has 2 aromatic heterocycles. The zero-order valence-electron chi connectivity index (χ0n) is 11.1. The van der Waals surface area contributed by atoms with Gasteiger partial charge in [-0.3, -0.25) is 0 Å². The van der Waals surface area contributed by atoms with E-state index in [1.165, 1.54) is 0 Å². The van der Waals surface area contributed by atoms with Gasteiger partial charge in [0.25, 0.3) is 0 Å². The number of aromatic nitrogens is 3. The van der Waals surface area contributed by atoms with Crippen LogP contribution in [0.15, 0.2) is 30.6 Å². The van der Waals surface area contributed by atoms with Gasteiger partial charge >= 0.3 is 0 Å². The largest absolute Gasteiger partial charge is 0.370 e. The van der Waals surface area contributed by atoms with E-state index in [0.29, 0.717) is 0 Å². The number of hydrogen-bond acceptors (Lipinski definition) is 3. The fourth-order valence-corrected chi connectivity index (χ4v) is 1.96. The number of hydrogen-bond donors (Lipinski definition) is 1. The van der Waals surface area contributed by atoms with E-state index in [4.69, 9.17) is 0 Å². The van der Waals surface area contributed by atoms with Crippen LogP contribution in [0.2, 0.25) is 0 Å². The molecule has 0 saturated carbocycles. The van der Waals surface area contributed by atoms with Crippen LogP contribution < -0.4 is 5.32 Å². The first-order valence-electron chi connectivity index (χ1n) is 6.53. The van der Waals surface area contributed by atoms with Crippen molar-refractivity contribution in [1.82, 2.24) is 14.5 Å². The van der Waals surface area contributed by atoms with Crippen molar-refractivity contribution in [1.29, 1.82) is 0 Å². The molecule has 0 unspecified atom stereocenters. The zero-order valence-corrected chi connectivity index (χ0v) is 11.1. The summed E-state index contributed by atoms with van der Waals surface area (Å²) in [6.45, 7) is 5.92. The van der Waals surface area contributed by atoms with Crippen LogP contribution in [-0.2, 0) is 13.0 Å². The third-order valence-corrected chi connectivity index (χ3v) is 2.77. The van der Waals surface area contributed by atoms with Gasteiger partial charge in [-0.05, 0) is 25.5 Å². The molecule has 0 aliphatic heterocycles. The first-order chi connectivity index (χ1) is 8.83. The Morgan fingerprint density at radius 1 is 1.28 bits per heavy atom. The molecule has 0 aliphatic rings. The fraction of sp³-hybridized carbons (Fsp3) is 0.429. The highest BCUT2D eigenvalue weighted by molar-refractivity contribution is 5.35. The van der Waals surface area contributed by atoms with Crippen molar-refractivity contribution in [2.75, 3.05) is 11.9 Å². The molecule has 18 heavy (non-hydrogen) atoms. The van der Waals surface area contributed by atoms with Gasteiger partial charge in [0.15, 0.2) is 0 Å². The summed E-state index contributed by atoms with van der Waals surface area (Å²) in [5.41, 5.74) is 1.06. The molecular formula is C14H20N4. The lowest BCUT2D eigenvalue weighted by molar-refractivity contribution is 0.694. The standard InChI is InChI=1S/C14H20N4/c1-3-6-14-16-9-10-18(14)11-12-7-5-8-13(17-12)15-4-2/h5,7-10H,3-4,6,11H2,1-2H3,(H,15,17). The maximum Gasteiger partial charge on any atom is 0.126 e. The highest BCUT2D eigenvalue weighted by Gasteiger charge is 2.03. The Balaban J connectivity index is 2.12. The number of aryl methyl sites for hydroxylation is 1. The molecule has 2 heterocycles. The summed E-state index contributed by atoms with van der Waals surface area (Å²) < 4.78 is 2.17. The lowest BCUT2D eigenvalue weighted by atomic mass is 10.3. The summed E-state index contributed by atoms with van der Waals surface area (Å²) in [5, 5.41) is 3.23. The van der Waals surface area contributed by atoms with Crippen molar-refractivity contribution >= 4 is 5.82 Å². The van der Waals surface area contributed by atoms with E-state index in [1.54, 1.807) is 0 Å². The molecule has 2 aromatic rings. The van der Waals surface area contributed by atoms with Crippen LogP contribution in [0.4, 0.5) is 5.82 Å². The second-order valence-electron chi connectivity index (χ2n) is 4.27. The average molecular weight is 244 g/mol. The molecule has 0 saturated heterocycles. The molecular weight excluding hydrogens is 224 g/mol. The predicted octanol–water partition coefficient (Wildman–Crippen LogP) is 2.71. The Hall–Kier alpha value is -1.84. The number of anilines is 1. The van der Waals surface area contributed by atoms with Crippen LogP contribution in [-0.4, -0.2) is 21.1 Å². The lowest BCUT2D eigenvalue weighted by Gasteiger charge is -2.08. The van der Waals surface area contributed by atoms with E-state index in [1.807, 2.05) is 24.5 Å². The SMILES string of the molecule is CCCc1nccn1Cc1cccc(NCC)n1. The zero-order chi connectivity index (χ0) is 12.8. The summed E-state index contributed by atoms with van der Waals surface area (Å²) in [6, 6.07) is 6.08. The second-order valence-corrected chi connectivity index (χ2v) is 4.27. The van der Waals surface area contributed by atoms with Gasteiger partial charge in [-0.25, -0.2) is 9.97 Å². The number of imidazole rings is 1. The van der Waals surface area contributed by atoms with Crippen molar-refractivity contribution < 1.29 is 0 Å². The van der Waals surface area contributed by atoms with E-state index in [-0.39, 0.29) is 0 Å². The number of pyridine rings is 1. The molecule has 0 amide bonds. The Morgan fingerprint density at radius 2 is 2.17 bits per heavy atom. The summed E-state index contributed by atoms with van der Waals surface area (Å²) in [4.78, 5) is 8.96.